The van der Waals surface area contributed by atoms with Crippen molar-refractivity contribution in [2.24, 2.45) is 0 Å². The summed E-state index contributed by atoms with van der Waals surface area (Å²) in [7, 11) is 0. The van der Waals surface area contributed by atoms with Crippen LogP contribution in [0.2, 0.25) is 0 Å². The van der Waals surface area contributed by atoms with E-state index < -0.39 is 0 Å². The molecule has 0 unspecified atom stereocenters. The van der Waals surface area contributed by atoms with Gasteiger partial charge in [-0.3, -0.25) is 0 Å². The average Bonchev–Trinajstić information content (AvgIpc) is 2.33. The summed E-state index contributed by atoms with van der Waals surface area (Å²) in [4.78, 5) is 0. The van der Waals surface area contributed by atoms with E-state index >= 15 is 0 Å². The van der Waals surface area contributed by atoms with Crippen molar-refractivity contribution in [2.75, 3.05) is 0 Å². The largest absolute Gasteiger partial charge is 0.144 e. The molecule has 2 aromatic rings. The normalized spacial score (nSPS) is 10.2. The third kappa shape index (κ3) is 0.736. The van der Waals surface area contributed by atoms with E-state index in [2.05, 4.69) is 23.6 Å². The first-order valence-corrected chi connectivity index (χ1v) is 3.68. The summed E-state index contributed by atoms with van der Waals surface area (Å²) in [5.41, 5.74) is 0. The smallest absolute Gasteiger partial charge is 0.0343 e. The number of thiophene rings is 1. The highest BCUT2D eigenvalue weighted by Crippen LogP contribution is 2.18. The standard InChI is InChI=1S/C8H5S/c1-2-4-8-7(3-1)5-6-9-8/h2-6H. The van der Waals surface area contributed by atoms with E-state index in [9.17, 15) is 0 Å². The van der Waals surface area contributed by atoms with E-state index in [-0.39, 0.29) is 0 Å². The second kappa shape index (κ2) is 1.85. The zero-order chi connectivity index (χ0) is 6.10. The lowest BCUT2D eigenvalue weighted by atomic mass is 10.3. The predicted molar refractivity (Wildman–Crippen MR) is 40.7 cm³/mol. The van der Waals surface area contributed by atoms with E-state index in [1.54, 1.807) is 11.3 Å². The Bertz CT molecular complexity index is 279. The van der Waals surface area contributed by atoms with Crippen molar-refractivity contribution in [3.63, 3.8) is 0 Å². The van der Waals surface area contributed by atoms with Gasteiger partial charge in [-0.2, -0.15) is 0 Å². The Morgan fingerprint density at radius 1 is 1.33 bits per heavy atom. The molecule has 0 aliphatic heterocycles. The van der Waals surface area contributed by atoms with Crippen LogP contribution in [0, 0.1) is 6.07 Å². The van der Waals surface area contributed by atoms with E-state index in [1.165, 1.54) is 10.1 Å². The highest BCUT2D eigenvalue weighted by Gasteiger charge is 1.88. The fraction of sp³-hybridized carbons (Fsp3) is 0. The molecule has 43 valence electrons. The fourth-order valence-corrected chi connectivity index (χ4v) is 1.62. The monoisotopic (exact) mass is 133 g/mol. The molecule has 2 rings (SSSR count). The van der Waals surface area contributed by atoms with Crippen LogP contribution in [-0.2, 0) is 0 Å². The maximum atomic E-state index is 3.03. The molecule has 0 atom stereocenters. The van der Waals surface area contributed by atoms with E-state index in [4.69, 9.17) is 0 Å². The van der Waals surface area contributed by atoms with Gasteiger partial charge in [-0.1, -0.05) is 6.07 Å². The van der Waals surface area contributed by atoms with Gasteiger partial charge in [-0.15, -0.1) is 11.3 Å². The van der Waals surface area contributed by atoms with Crippen molar-refractivity contribution in [2.45, 2.75) is 0 Å². The molecule has 0 saturated heterocycles. The summed E-state index contributed by atoms with van der Waals surface area (Å²) in [6.07, 6.45) is 0. The van der Waals surface area contributed by atoms with Crippen LogP contribution >= 0.6 is 11.3 Å². The fourth-order valence-electron chi connectivity index (χ4n) is 0.847. The Morgan fingerprint density at radius 2 is 2.33 bits per heavy atom. The van der Waals surface area contributed by atoms with Gasteiger partial charge in [0, 0.05) is 4.70 Å². The Hall–Kier alpha value is -0.820. The minimum Gasteiger partial charge on any atom is -0.144 e. The molecular weight excluding hydrogens is 128 g/mol. The molecular formula is C8H5S. The van der Waals surface area contributed by atoms with Gasteiger partial charge in [0.2, 0.25) is 0 Å². The molecule has 9 heavy (non-hydrogen) atoms. The minimum absolute atomic E-state index is 1.29. The van der Waals surface area contributed by atoms with Crippen LogP contribution in [0.1, 0.15) is 0 Å². The summed E-state index contributed by atoms with van der Waals surface area (Å²) < 4.78 is 1.34. The van der Waals surface area contributed by atoms with E-state index in [0.717, 1.165) is 0 Å². The van der Waals surface area contributed by atoms with Gasteiger partial charge < -0.3 is 0 Å². The number of rotatable bonds is 0. The number of hydrogen-bond acceptors (Lipinski definition) is 1. The van der Waals surface area contributed by atoms with Gasteiger partial charge in [-0.25, -0.2) is 0 Å². The van der Waals surface area contributed by atoms with Crippen LogP contribution in [0.3, 0.4) is 0 Å². The zero-order valence-corrected chi connectivity index (χ0v) is 5.61. The summed E-state index contributed by atoms with van der Waals surface area (Å²) in [6, 6.07) is 11.2. The van der Waals surface area contributed by atoms with Crippen LogP contribution in [-0.4, -0.2) is 0 Å². The number of fused-ring (bicyclic) bond motifs is 1. The molecule has 1 radical (unpaired) electrons. The molecule has 1 heterocycles. The summed E-state index contributed by atoms with van der Waals surface area (Å²) in [5.74, 6) is 0. The lowest BCUT2D eigenvalue weighted by Crippen LogP contribution is -1.57. The average molecular weight is 133 g/mol. The zero-order valence-electron chi connectivity index (χ0n) is 4.79. The molecule has 0 spiro atoms. The molecule has 0 nitrogen and oxygen atoms in total. The van der Waals surface area contributed by atoms with Crippen LogP contribution in [0.4, 0.5) is 0 Å². The molecule has 0 fully saturated rings. The Kier molecular flexibility index (Phi) is 1.03. The Labute approximate surface area is 57.8 Å². The number of hydrogen-bond donors (Lipinski definition) is 0. The molecule has 0 bridgehead atoms. The molecule has 1 aromatic carbocycles. The van der Waals surface area contributed by atoms with E-state index in [1.807, 2.05) is 12.1 Å². The van der Waals surface area contributed by atoms with E-state index in [0.29, 0.717) is 0 Å². The molecule has 0 aliphatic rings. The van der Waals surface area contributed by atoms with Crippen molar-refractivity contribution in [1.82, 2.24) is 0 Å². The lowest BCUT2D eigenvalue weighted by molar-refractivity contribution is 1.83. The van der Waals surface area contributed by atoms with Gasteiger partial charge in [-0.05, 0) is 35.0 Å². The highest BCUT2D eigenvalue weighted by atomic mass is 32.1. The molecule has 0 amide bonds. The van der Waals surface area contributed by atoms with Gasteiger partial charge in [0.1, 0.15) is 0 Å². The molecule has 0 saturated carbocycles. The predicted octanol–water partition coefficient (Wildman–Crippen LogP) is 2.70. The first-order valence-electron chi connectivity index (χ1n) is 2.80. The molecule has 0 N–H and O–H groups in total. The number of benzene rings is 1. The van der Waals surface area contributed by atoms with Gasteiger partial charge in [0.15, 0.2) is 0 Å². The van der Waals surface area contributed by atoms with Crippen molar-refractivity contribution >= 4 is 21.4 Å². The van der Waals surface area contributed by atoms with Crippen molar-refractivity contribution in [3.8, 4) is 0 Å². The summed E-state index contributed by atoms with van der Waals surface area (Å²) in [6.45, 7) is 0. The maximum Gasteiger partial charge on any atom is 0.0343 e. The minimum atomic E-state index is 1.29. The quantitative estimate of drug-likeness (QED) is 0.518. The first kappa shape index (κ1) is 5.00. The van der Waals surface area contributed by atoms with Gasteiger partial charge in [0.25, 0.3) is 0 Å². The maximum absolute atomic E-state index is 3.03. The van der Waals surface area contributed by atoms with Crippen LogP contribution in [0.5, 0.6) is 0 Å². The SMILES string of the molecule is [c]1ccc2sccc2c1. The second-order valence-corrected chi connectivity index (χ2v) is 2.83. The summed E-state index contributed by atoms with van der Waals surface area (Å²) in [5, 5.41) is 3.39. The van der Waals surface area contributed by atoms with Crippen molar-refractivity contribution < 1.29 is 0 Å². The Morgan fingerprint density at radius 3 is 3.22 bits per heavy atom. The van der Waals surface area contributed by atoms with Crippen molar-refractivity contribution in [3.05, 3.63) is 35.7 Å². The van der Waals surface area contributed by atoms with Crippen LogP contribution in [0.25, 0.3) is 10.1 Å². The highest BCUT2D eigenvalue weighted by molar-refractivity contribution is 7.17. The van der Waals surface area contributed by atoms with Crippen LogP contribution < -0.4 is 0 Å². The third-order valence-electron chi connectivity index (χ3n) is 1.30. The van der Waals surface area contributed by atoms with Crippen LogP contribution in [0.15, 0.2) is 29.6 Å². The van der Waals surface area contributed by atoms with Gasteiger partial charge in [0.05, 0.1) is 0 Å². The second-order valence-electron chi connectivity index (χ2n) is 1.88. The van der Waals surface area contributed by atoms with Crippen molar-refractivity contribution in [1.29, 1.82) is 0 Å². The Balaban J connectivity index is 2.95. The molecule has 0 aliphatic carbocycles. The summed E-state index contributed by atoms with van der Waals surface area (Å²) >= 11 is 1.77. The first-order chi connectivity index (χ1) is 4.47. The molecule has 1 heteroatoms. The van der Waals surface area contributed by atoms with Gasteiger partial charge >= 0.3 is 0 Å². The molecule has 1 aromatic heterocycles. The third-order valence-corrected chi connectivity index (χ3v) is 2.19. The lowest BCUT2D eigenvalue weighted by Gasteiger charge is -1.81. The topological polar surface area (TPSA) is 0 Å².